The lowest BCUT2D eigenvalue weighted by atomic mass is 10.1. The molecule has 3 nitrogen and oxygen atoms in total. The van der Waals surface area contributed by atoms with Gasteiger partial charge in [0, 0.05) is 11.1 Å². The number of aliphatic hydroxyl groups excluding tert-OH is 1. The van der Waals surface area contributed by atoms with Crippen LogP contribution in [0, 0.1) is 6.92 Å². The normalized spacial score (nSPS) is 10.7. The smallest absolute Gasteiger partial charge is 0.253 e. The van der Waals surface area contributed by atoms with Crippen LogP contribution in [-0.2, 0) is 6.61 Å². The van der Waals surface area contributed by atoms with Crippen molar-refractivity contribution in [3.63, 3.8) is 0 Å². The van der Waals surface area contributed by atoms with E-state index in [1.165, 1.54) is 0 Å². The minimum Gasteiger partial charge on any atom is -0.391 e. The molecule has 0 bridgehead atoms. The Labute approximate surface area is 81.0 Å². The Morgan fingerprint density at radius 1 is 1.36 bits per heavy atom. The molecular formula is C11H11NO2. The molecule has 2 aromatic rings. The van der Waals surface area contributed by atoms with E-state index in [-0.39, 0.29) is 12.2 Å². The summed E-state index contributed by atoms with van der Waals surface area (Å²) in [6.07, 6.45) is 0. The number of hydrogen-bond donors (Lipinski definition) is 2. The fourth-order valence-corrected chi connectivity index (χ4v) is 1.49. The van der Waals surface area contributed by atoms with Crippen molar-refractivity contribution in [1.82, 2.24) is 4.98 Å². The van der Waals surface area contributed by atoms with Gasteiger partial charge in [0.15, 0.2) is 0 Å². The summed E-state index contributed by atoms with van der Waals surface area (Å²) in [6, 6.07) is 7.51. The van der Waals surface area contributed by atoms with Crippen molar-refractivity contribution < 1.29 is 5.11 Å². The predicted molar refractivity (Wildman–Crippen MR) is 55.2 cm³/mol. The van der Waals surface area contributed by atoms with E-state index >= 15 is 0 Å². The van der Waals surface area contributed by atoms with Gasteiger partial charge < -0.3 is 10.1 Å². The second-order valence-corrected chi connectivity index (χ2v) is 3.37. The van der Waals surface area contributed by atoms with E-state index in [9.17, 15) is 4.79 Å². The van der Waals surface area contributed by atoms with Gasteiger partial charge in [-0.1, -0.05) is 11.6 Å². The van der Waals surface area contributed by atoms with E-state index in [2.05, 4.69) is 4.98 Å². The molecule has 1 heterocycles. The van der Waals surface area contributed by atoms with E-state index in [4.69, 9.17) is 5.11 Å². The van der Waals surface area contributed by atoms with Crippen molar-refractivity contribution in [3.05, 3.63) is 45.7 Å². The number of aromatic amines is 1. The molecule has 1 aromatic carbocycles. The summed E-state index contributed by atoms with van der Waals surface area (Å²) < 4.78 is 0. The number of benzene rings is 1. The number of aromatic nitrogens is 1. The maximum atomic E-state index is 11.3. The van der Waals surface area contributed by atoms with Crippen LogP contribution in [0.4, 0.5) is 0 Å². The zero-order valence-corrected chi connectivity index (χ0v) is 7.87. The Morgan fingerprint density at radius 3 is 2.86 bits per heavy atom. The first-order valence-electron chi connectivity index (χ1n) is 4.44. The van der Waals surface area contributed by atoms with Crippen molar-refractivity contribution in [3.8, 4) is 0 Å². The van der Waals surface area contributed by atoms with E-state index in [0.717, 1.165) is 16.5 Å². The second kappa shape index (κ2) is 3.27. The Bertz CT molecular complexity index is 528. The van der Waals surface area contributed by atoms with E-state index in [0.29, 0.717) is 5.56 Å². The molecule has 2 N–H and O–H groups in total. The van der Waals surface area contributed by atoms with Crippen LogP contribution < -0.4 is 5.56 Å². The van der Waals surface area contributed by atoms with Gasteiger partial charge in [-0.15, -0.1) is 0 Å². The molecule has 2 rings (SSSR count). The highest BCUT2D eigenvalue weighted by Gasteiger charge is 2.00. The first kappa shape index (κ1) is 8.97. The van der Waals surface area contributed by atoms with Gasteiger partial charge in [-0.05, 0) is 30.5 Å². The van der Waals surface area contributed by atoms with Crippen molar-refractivity contribution in [1.29, 1.82) is 0 Å². The fraction of sp³-hybridized carbons (Fsp3) is 0.182. The van der Waals surface area contributed by atoms with E-state index in [1.807, 2.05) is 25.1 Å². The third-order valence-electron chi connectivity index (χ3n) is 2.25. The van der Waals surface area contributed by atoms with E-state index < -0.39 is 0 Å². The molecule has 3 heteroatoms. The monoisotopic (exact) mass is 189 g/mol. The van der Waals surface area contributed by atoms with Gasteiger partial charge in [0.2, 0.25) is 0 Å². The average Bonchev–Trinajstić information content (AvgIpc) is 2.17. The first-order chi connectivity index (χ1) is 6.70. The van der Waals surface area contributed by atoms with Gasteiger partial charge in [0.25, 0.3) is 5.56 Å². The molecule has 0 spiro atoms. The van der Waals surface area contributed by atoms with Crippen LogP contribution in [0.3, 0.4) is 0 Å². The van der Waals surface area contributed by atoms with Crippen molar-refractivity contribution in [2.45, 2.75) is 13.5 Å². The van der Waals surface area contributed by atoms with Gasteiger partial charge in [0.1, 0.15) is 0 Å². The maximum absolute atomic E-state index is 11.3. The van der Waals surface area contributed by atoms with Gasteiger partial charge in [-0.3, -0.25) is 4.79 Å². The molecule has 14 heavy (non-hydrogen) atoms. The molecule has 0 aliphatic rings. The zero-order chi connectivity index (χ0) is 10.1. The van der Waals surface area contributed by atoms with Crippen molar-refractivity contribution in [2.24, 2.45) is 0 Å². The molecule has 0 aliphatic carbocycles. The molecule has 0 fully saturated rings. The number of H-pyrrole nitrogens is 1. The number of aliphatic hydroxyl groups is 1. The molecule has 0 radical (unpaired) electrons. The molecule has 0 atom stereocenters. The molecule has 0 unspecified atom stereocenters. The molecule has 0 saturated heterocycles. The highest BCUT2D eigenvalue weighted by atomic mass is 16.3. The summed E-state index contributed by atoms with van der Waals surface area (Å²) in [5.74, 6) is 0. The Kier molecular flexibility index (Phi) is 2.09. The van der Waals surface area contributed by atoms with Gasteiger partial charge in [-0.2, -0.15) is 0 Å². The minimum atomic E-state index is -0.223. The molecule has 0 amide bonds. The Hall–Kier alpha value is -1.61. The number of nitrogens with one attached hydrogen (secondary N) is 1. The molecule has 1 aromatic heterocycles. The van der Waals surface area contributed by atoms with Crippen molar-refractivity contribution >= 4 is 10.9 Å². The Morgan fingerprint density at radius 2 is 2.14 bits per heavy atom. The molecule has 0 saturated carbocycles. The molecule has 0 aliphatic heterocycles. The van der Waals surface area contributed by atoms with Crippen LogP contribution in [-0.4, -0.2) is 10.1 Å². The largest absolute Gasteiger partial charge is 0.391 e. The molecular weight excluding hydrogens is 178 g/mol. The summed E-state index contributed by atoms with van der Waals surface area (Å²) in [5, 5.41) is 9.88. The van der Waals surface area contributed by atoms with Gasteiger partial charge in [0.05, 0.1) is 6.61 Å². The quantitative estimate of drug-likeness (QED) is 0.711. The first-order valence-corrected chi connectivity index (χ1v) is 4.44. The van der Waals surface area contributed by atoms with Crippen LogP contribution in [0.5, 0.6) is 0 Å². The fourth-order valence-electron chi connectivity index (χ4n) is 1.49. The predicted octanol–water partition coefficient (Wildman–Crippen LogP) is 1.33. The number of pyridine rings is 1. The zero-order valence-electron chi connectivity index (χ0n) is 7.87. The lowest BCUT2D eigenvalue weighted by Gasteiger charge is -2.01. The van der Waals surface area contributed by atoms with Gasteiger partial charge >= 0.3 is 0 Å². The number of rotatable bonds is 1. The highest BCUT2D eigenvalue weighted by molar-refractivity contribution is 5.79. The summed E-state index contributed by atoms with van der Waals surface area (Å²) in [5.41, 5.74) is 2.12. The third-order valence-corrected chi connectivity index (χ3v) is 2.25. The Balaban J connectivity index is 2.80. The third kappa shape index (κ3) is 1.42. The maximum Gasteiger partial charge on any atom is 0.253 e. The van der Waals surface area contributed by atoms with Crippen LogP contribution in [0.2, 0.25) is 0 Å². The SMILES string of the molecule is Cc1ccc2[nH]c(=O)c(CO)cc2c1. The number of hydrogen-bond acceptors (Lipinski definition) is 2. The summed E-state index contributed by atoms with van der Waals surface area (Å²) in [4.78, 5) is 14.1. The summed E-state index contributed by atoms with van der Waals surface area (Å²) in [7, 11) is 0. The number of aryl methyl sites for hydroxylation is 1. The van der Waals surface area contributed by atoms with E-state index in [1.54, 1.807) is 6.07 Å². The lowest BCUT2D eigenvalue weighted by Crippen LogP contribution is -2.11. The molecule has 72 valence electrons. The summed E-state index contributed by atoms with van der Waals surface area (Å²) >= 11 is 0. The summed E-state index contributed by atoms with van der Waals surface area (Å²) in [6.45, 7) is 1.77. The highest BCUT2D eigenvalue weighted by Crippen LogP contribution is 2.12. The topological polar surface area (TPSA) is 53.1 Å². The van der Waals surface area contributed by atoms with Crippen LogP contribution in [0.1, 0.15) is 11.1 Å². The number of fused-ring (bicyclic) bond motifs is 1. The van der Waals surface area contributed by atoms with Gasteiger partial charge in [-0.25, -0.2) is 0 Å². The van der Waals surface area contributed by atoms with Crippen molar-refractivity contribution in [2.75, 3.05) is 0 Å². The standard InChI is InChI=1S/C11H11NO2/c1-7-2-3-10-8(4-7)5-9(6-13)11(14)12-10/h2-5,13H,6H2,1H3,(H,12,14). The minimum absolute atomic E-state index is 0.219. The van der Waals surface area contributed by atoms with Crippen LogP contribution in [0.15, 0.2) is 29.1 Å². The van der Waals surface area contributed by atoms with Crippen LogP contribution >= 0.6 is 0 Å². The second-order valence-electron chi connectivity index (χ2n) is 3.37. The van der Waals surface area contributed by atoms with Crippen LogP contribution in [0.25, 0.3) is 10.9 Å². The average molecular weight is 189 g/mol. The lowest BCUT2D eigenvalue weighted by molar-refractivity contribution is 0.280.